The van der Waals surface area contributed by atoms with E-state index in [2.05, 4.69) is 5.32 Å². The third-order valence-electron chi connectivity index (χ3n) is 3.58. The van der Waals surface area contributed by atoms with Crippen LogP contribution in [-0.2, 0) is 9.53 Å². The molecule has 0 aromatic heterocycles. The molecule has 1 aliphatic heterocycles. The first-order chi connectivity index (χ1) is 11.5. The van der Waals surface area contributed by atoms with E-state index in [1.54, 1.807) is 19.1 Å². The molecule has 0 unspecified atom stereocenters. The normalized spacial score (nSPS) is 16.7. The quantitative estimate of drug-likeness (QED) is 0.774. The summed E-state index contributed by atoms with van der Waals surface area (Å²) >= 11 is 3.89. The molecule has 1 heterocycles. The zero-order chi connectivity index (χ0) is 17.5. The monoisotopic (exact) mass is 367 g/mol. The molecule has 6 heteroatoms. The van der Waals surface area contributed by atoms with Gasteiger partial charge in [0.05, 0.1) is 10.1 Å². The minimum Gasteiger partial charge on any atom is -0.449 e. The molecular formula is C18H25NO3S2. The number of benzene rings is 1. The number of carbonyl (C=O) groups excluding carboxylic acids is 2. The van der Waals surface area contributed by atoms with Crippen molar-refractivity contribution in [2.45, 2.75) is 37.9 Å². The summed E-state index contributed by atoms with van der Waals surface area (Å²) in [6.07, 6.45) is 0.466. The average Bonchev–Trinajstić information content (AvgIpc) is 2.60. The summed E-state index contributed by atoms with van der Waals surface area (Å²) in [5.74, 6) is 2.01. The van der Waals surface area contributed by atoms with Crippen LogP contribution in [0.3, 0.4) is 0 Å². The standard InChI is InChI=1S/C18H25NO3S2/c1-12(2)11-19-16(20)13(3)22-17(21)14-5-7-15(8-6-14)18-23-9-4-10-24-18/h5-8,12-13,18H,4,9-11H2,1-3H3,(H,19,20)/t13-/m0/s1. The van der Waals surface area contributed by atoms with Crippen molar-refractivity contribution in [2.24, 2.45) is 5.92 Å². The summed E-state index contributed by atoms with van der Waals surface area (Å²) in [4.78, 5) is 24.1. The van der Waals surface area contributed by atoms with Crippen molar-refractivity contribution in [3.05, 3.63) is 35.4 Å². The first-order valence-corrected chi connectivity index (χ1v) is 10.4. The molecule has 4 nitrogen and oxygen atoms in total. The second-order valence-electron chi connectivity index (χ2n) is 6.24. The Hall–Kier alpha value is -1.14. The number of hydrogen-bond donors (Lipinski definition) is 1. The minimum atomic E-state index is -0.791. The summed E-state index contributed by atoms with van der Waals surface area (Å²) < 4.78 is 5.70. The Kier molecular flexibility index (Phi) is 7.49. The molecule has 0 spiro atoms. The fourth-order valence-corrected chi connectivity index (χ4v) is 5.08. The molecular weight excluding hydrogens is 342 g/mol. The molecule has 0 radical (unpaired) electrons. The maximum Gasteiger partial charge on any atom is 0.338 e. The van der Waals surface area contributed by atoms with E-state index in [1.807, 2.05) is 49.5 Å². The second-order valence-corrected chi connectivity index (χ2v) is 8.96. The van der Waals surface area contributed by atoms with Gasteiger partial charge < -0.3 is 10.1 Å². The minimum absolute atomic E-state index is 0.260. The van der Waals surface area contributed by atoms with Crippen molar-refractivity contribution < 1.29 is 14.3 Å². The highest BCUT2D eigenvalue weighted by atomic mass is 32.2. The third kappa shape index (κ3) is 5.74. The fraction of sp³-hybridized carbons (Fsp3) is 0.556. The highest BCUT2D eigenvalue weighted by Gasteiger charge is 2.20. The van der Waals surface area contributed by atoms with Crippen molar-refractivity contribution in [2.75, 3.05) is 18.1 Å². The third-order valence-corrected chi connectivity index (χ3v) is 6.60. The SMILES string of the molecule is CC(C)CNC(=O)[C@H](C)OC(=O)c1ccc(C2SCCCS2)cc1. The molecule has 1 aromatic rings. The largest absolute Gasteiger partial charge is 0.449 e. The van der Waals surface area contributed by atoms with Crippen LogP contribution in [0.1, 0.15) is 47.7 Å². The van der Waals surface area contributed by atoms with Gasteiger partial charge in [0, 0.05) is 6.54 Å². The Balaban J connectivity index is 1.88. The topological polar surface area (TPSA) is 55.4 Å². The average molecular weight is 368 g/mol. The molecule has 1 amide bonds. The lowest BCUT2D eigenvalue weighted by Crippen LogP contribution is -2.37. The highest BCUT2D eigenvalue weighted by Crippen LogP contribution is 2.43. The van der Waals surface area contributed by atoms with Crippen molar-refractivity contribution in [3.63, 3.8) is 0 Å². The van der Waals surface area contributed by atoms with Crippen LogP contribution in [0.15, 0.2) is 24.3 Å². The molecule has 1 fully saturated rings. The summed E-state index contributed by atoms with van der Waals surface area (Å²) in [6.45, 7) is 6.20. The van der Waals surface area contributed by atoms with Crippen LogP contribution in [0.5, 0.6) is 0 Å². The lowest BCUT2D eigenvalue weighted by molar-refractivity contribution is -0.129. The summed E-state index contributed by atoms with van der Waals surface area (Å²) in [5.41, 5.74) is 1.71. The Morgan fingerprint density at radius 1 is 1.17 bits per heavy atom. The molecule has 132 valence electrons. The van der Waals surface area contributed by atoms with Crippen LogP contribution in [-0.4, -0.2) is 36.0 Å². The number of amides is 1. The Morgan fingerprint density at radius 3 is 2.38 bits per heavy atom. The molecule has 0 saturated carbocycles. The van der Waals surface area contributed by atoms with E-state index >= 15 is 0 Å². The number of ether oxygens (including phenoxy) is 1. The van der Waals surface area contributed by atoms with E-state index in [0.717, 1.165) is 0 Å². The van der Waals surface area contributed by atoms with Gasteiger partial charge in [0.1, 0.15) is 0 Å². The van der Waals surface area contributed by atoms with Crippen molar-refractivity contribution in [1.82, 2.24) is 5.32 Å². The lowest BCUT2D eigenvalue weighted by Gasteiger charge is -2.21. The second kappa shape index (κ2) is 9.37. The van der Waals surface area contributed by atoms with Gasteiger partial charge >= 0.3 is 5.97 Å². The lowest BCUT2D eigenvalue weighted by atomic mass is 10.1. The van der Waals surface area contributed by atoms with Crippen LogP contribution < -0.4 is 5.32 Å². The summed E-state index contributed by atoms with van der Waals surface area (Å²) in [7, 11) is 0. The highest BCUT2D eigenvalue weighted by molar-refractivity contribution is 8.16. The predicted octanol–water partition coefficient (Wildman–Crippen LogP) is 3.87. The van der Waals surface area contributed by atoms with E-state index in [1.165, 1.54) is 23.5 Å². The molecule has 1 aromatic carbocycles. The molecule has 0 bridgehead atoms. The van der Waals surface area contributed by atoms with E-state index in [9.17, 15) is 9.59 Å². The summed E-state index contributed by atoms with van der Waals surface area (Å²) in [5, 5.41) is 2.77. The number of nitrogens with one attached hydrogen (secondary N) is 1. The maximum absolute atomic E-state index is 12.2. The molecule has 1 aliphatic rings. The number of rotatable bonds is 6. The van der Waals surface area contributed by atoms with E-state index in [0.29, 0.717) is 22.6 Å². The molecule has 1 atom stereocenters. The summed E-state index contributed by atoms with van der Waals surface area (Å²) in [6, 6.07) is 7.53. The van der Waals surface area contributed by atoms with Gasteiger partial charge in [0.25, 0.3) is 5.91 Å². The first-order valence-electron chi connectivity index (χ1n) is 8.29. The van der Waals surface area contributed by atoms with Crippen molar-refractivity contribution in [3.8, 4) is 0 Å². The van der Waals surface area contributed by atoms with Gasteiger partial charge in [-0.15, -0.1) is 23.5 Å². The molecule has 1 N–H and O–H groups in total. The van der Waals surface area contributed by atoms with Crippen LogP contribution in [0.25, 0.3) is 0 Å². The molecule has 1 saturated heterocycles. The van der Waals surface area contributed by atoms with Crippen molar-refractivity contribution >= 4 is 35.4 Å². The number of hydrogen-bond acceptors (Lipinski definition) is 5. The number of thioether (sulfide) groups is 2. The van der Waals surface area contributed by atoms with Gasteiger partial charge in [-0.3, -0.25) is 4.79 Å². The van der Waals surface area contributed by atoms with Gasteiger partial charge in [-0.1, -0.05) is 26.0 Å². The van der Waals surface area contributed by atoms with Gasteiger partial charge in [-0.05, 0) is 48.5 Å². The van der Waals surface area contributed by atoms with Gasteiger partial charge in [-0.2, -0.15) is 0 Å². The zero-order valence-electron chi connectivity index (χ0n) is 14.4. The Labute approximate surface area is 152 Å². The van der Waals surface area contributed by atoms with Crippen LogP contribution in [0.4, 0.5) is 0 Å². The predicted molar refractivity (Wildman–Crippen MR) is 101 cm³/mol. The van der Waals surface area contributed by atoms with E-state index < -0.39 is 12.1 Å². The molecule has 0 aliphatic carbocycles. The number of esters is 1. The van der Waals surface area contributed by atoms with E-state index in [-0.39, 0.29) is 5.91 Å². The van der Waals surface area contributed by atoms with E-state index in [4.69, 9.17) is 4.74 Å². The van der Waals surface area contributed by atoms with Gasteiger partial charge in [-0.25, -0.2) is 4.79 Å². The number of carbonyl (C=O) groups is 2. The van der Waals surface area contributed by atoms with Gasteiger partial charge in [0.2, 0.25) is 0 Å². The van der Waals surface area contributed by atoms with Crippen LogP contribution in [0, 0.1) is 5.92 Å². The maximum atomic E-state index is 12.2. The molecule has 2 rings (SSSR count). The first kappa shape index (κ1) is 19.2. The Bertz CT molecular complexity index is 554. The van der Waals surface area contributed by atoms with Crippen LogP contribution >= 0.6 is 23.5 Å². The smallest absolute Gasteiger partial charge is 0.338 e. The van der Waals surface area contributed by atoms with Crippen LogP contribution in [0.2, 0.25) is 0 Å². The fourth-order valence-electron chi connectivity index (χ4n) is 2.19. The zero-order valence-corrected chi connectivity index (χ0v) is 16.0. The van der Waals surface area contributed by atoms with Gasteiger partial charge in [0.15, 0.2) is 6.10 Å². The molecule has 24 heavy (non-hydrogen) atoms. The Morgan fingerprint density at radius 2 is 1.79 bits per heavy atom. The van der Waals surface area contributed by atoms with Crippen molar-refractivity contribution in [1.29, 1.82) is 0 Å².